The van der Waals surface area contributed by atoms with E-state index < -0.39 is 23.1 Å². The number of hydrogen-bond donors (Lipinski definition) is 0. The molecule has 0 aromatic heterocycles. The topological polar surface area (TPSA) is 34.4 Å². The Kier molecular flexibility index (Phi) is 9.44. The van der Waals surface area contributed by atoms with Gasteiger partial charge in [0.25, 0.3) is 6.43 Å². The molecule has 1 saturated heterocycles. The van der Waals surface area contributed by atoms with Crippen molar-refractivity contribution >= 4 is 33.8 Å². The SMILES string of the molecule is C=S(N1CCN(C)CC1)N(Cc1ccc(C2=NN=C(C(F)F)C2)cc1F)c1ccccc1.CC. The summed E-state index contributed by atoms with van der Waals surface area (Å²) in [6.45, 7) is 8.09. The second-order valence-electron chi connectivity index (χ2n) is 7.87. The van der Waals surface area contributed by atoms with Crippen molar-refractivity contribution in [2.24, 2.45) is 10.2 Å². The van der Waals surface area contributed by atoms with Gasteiger partial charge in [0.05, 0.1) is 12.3 Å². The van der Waals surface area contributed by atoms with Crippen molar-refractivity contribution in [2.75, 3.05) is 37.5 Å². The van der Waals surface area contributed by atoms with Crippen LogP contribution in [0.25, 0.3) is 0 Å². The largest absolute Gasteiger partial charge is 0.306 e. The van der Waals surface area contributed by atoms with Gasteiger partial charge in [-0.3, -0.25) is 0 Å². The highest BCUT2D eigenvalue weighted by Crippen LogP contribution is 2.33. The molecule has 0 saturated carbocycles. The van der Waals surface area contributed by atoms with E-state index in [1.807, 2.05) is 44.2 Å². The first-order chi connectivity index (χ1) is 16.4. The second-order valence-corrected chi connectivity index (χ2v) is 9.50. The molecule has 0 aliphatic carbocycles. The monoisotopic (exact) mass is 491 g/mol. The van der Waals surface area contributed by atoms with E-state index in [4.69, 9.17) is 0 Å². The van der Waals surface area contributed by atoms with Gasteiger partial charge in [-0.2, -0.15) is 10.2 Å². The third-order valence-electron chi connectivity index (χ3n) is 5.66. The molecular weight excluding hydrogens is 459 g/mol. The lowest BCUT2D eigenvalue weighted by atomic mass is 10.0. The lowest BCUT2D eigenvalue weighted by molar-refractivity contribution is 0.224. The number of benzene rings is 2. The van der Waals surface area contributed by atoms with Crippen LogP contribution in [0.5, 0.6) is 0 Å². The molecule has 0 bridgehead atoms. The van der Waals surface area contributed by atoms with Crippen LogP contribution in [0.15, 0.2) is 58.7 Å². The molecule has 4 rings (SSSR count). The van der Waals surface area contributed by atoms with Gasteiger partial charge in [-0.1, -0.05) is 44.2 Å². The van der Waals surface area contributed by atoms with Crippen molar-refractivity contribution in [3.8, 4) is 0 Å². The van der Waals surface area contributed by atoms with Crippen molar-refractivity contribution in [3.63, 3.8) is 0 Å². The highest BCUT2D eigenvalue weighted by Gasteiger charge is 2.24. The van der Waals surface area contributed by atoms with E-state index in [1.165, 1.54) is 6.07 Å². The lowest BCUT2D eigenvalue weighted by Gasteiger charge is -2.39. The highest BCUT2D eigenvalue weighted by atomic mass is 32.2. The summed E-state index contributed by atoms with van der Waals surface area (Å²) in [5, 5.41) is 7.33. The van der Waals surface area contributed by atoms with Crippen LogP contribution in [0.3, 0.4) is 0 Å². The van der Waals surface area contributed by atoms with Crippen LogP contribution in [-0.4, -0.2) is 66.2 Å². The zero-order valence-electron chi connectivity index (χ0n) is 19.9. The van der Waals surface area contributed by atoms with Crippen LogP contribution >= 0.6 is 10.9 Å². The number of nitrogens with zero attached hydrogens (tertiary/aromatic N) is 5. The van der Waals surface area contributed by atoms with Crippen molar-refractivity contribution in [3.05, 3.63) is 65.5 Å². The van der Waals surface area contributed by atoms with Gasteiger partial charge in [0.2, 0.25) is 0 Å². The van der Waals surface area contributed by atoms with Crippen molar-refractivity contribution in [1.29, 1.82) is 0 Å². The zero-order valence-corrected chi connectivity index (χ0v) is 20.7. The number of hydrogen-bond acceptors (Lipinski definition) is 5. The third-order valence-corrected chi connectivity index (χ3v) is 7.47. The highest BCUT2D eigenvalue weighted by molar-refractivity contribution is 8.13. The molecule has 0 amide bonds. The summed E-state index contributed by atoms with van der Waals surface area (Å²) < 4.78 is 45.2. The predicted octanol–water partition coefficient (Wildman–Crippen LogP) is 5.45. The summed E-state index contributed by atoms with van der Waals surface area (Å²) >= 11 is 0. The van der Waals surface area contributed by atoms with Crippen molar-refractivity contribution in [2.45, 2.75) is 33.2 Å². The molecule has 34 heavy (non-hydrogen) atoms. The Morgan fingerprint density at radius 1 is 1.03 bits per heavy atom. The number of para-hydroxylation sites is 1. The molecule has 9 heteroatoms. The van der Waals surface area contributed by atoms with E-state index in [2.05, 4.69) is 36.6 Å². The quantitative estimate of drug-likeness (QED) is 0.483. The summed E-state index contributed by atoms with van der Waals surface area (Å²) in [6.07, 6.45) is -2.71. The van der Waals surface area contributed by atoms with Gasteiger partial charge >= 0.3 is 0 Å². The molecule has 0 N–H and O–H groups in total. The van der Waals surface area contributed by atoms with Crippen LogP contribution in [0.4, 0.5) is 18.9 Å². The van der Waals surface area contributed by atoms with Crippen LogP contribution in [0, 0.1) is 5.82 Å². The average molecular weight is 492 g/mol. The Hall–Kier alpha value is -2.49. The van der Waals surface area contributed by atoms with Gasteiger partial charge in [-0.25, -0.2) is 17.5 Å². The fourth-order valence-corrected chi connectivity index (χ4v) is 5.19. The Morgan fingerprint density at radius 3 is 2.29 bits per heavy atom. The van der Waals surface area contributed by atoms with Crippen LogP contribution in [-0.2, 0) is 6.54 Å². The first kappa shape index (κ1) is 26.1. The molecule has 2 aromatic carbocycles. The summed E-state index contributed by atoms with van der Waals surface area (Å²) in [6, 6.07) is 14.7. The van der Waals surface area contributed by atoms with Crippen LogP contribution in [0.2, 0.25) is 0 Å². The van der Waals surface area contributed by atoms with Gasteiger partial charge in [0.15, 0.2) is 0 Å². The van der Waals surface area contributed by atoms with E-state index in [9.17, 15) is 8.78 Å². The van der Waals surface area contributed by atoms with Gasteiger partial charge in [0, 0.05) is 49.4 Å². The molecule has 2 aliphatic rings. The van der Waals surface area contributed by atoms with Crippen molar-refractivity contribution < 1.29 is 13.2 Å². The molecular formula is C25H32F3N5S. The molecule has 1 atom stereocenters. The molecule has 1 unspecified atom stereocenters. The van der Waals surface area contributed by atoms with E-state index >= 15 is 4.39 Å². The molecule has 2 aliphatic heterocycles. The van der Waals surface area contributed by atoms with Gasteiger partial charge in [-0.05, 0) is 42.0 Å². The Bertz CT molecular complexity index is 1030. The fraction of sp³-hybridized carbons (Fsp3) is 0.400. The molecule has 184 valence electrons. The third kappa shape index (κ3) is 6.34. The summed E-state index contributed by atoms with van der Waals surface area (Å²) in [5.41, 5.74) is 2.04. The predicted molar refractivity (Wildman–Crippen MR) is 139 cm³/mol. The Labute approximate surface area is 202 Å². The second kappa shape index (κ2) is 12.3. The minimum Gasteiger partial charge on any atom is -0.306 e. The molecule has 0 radical (unpaired) electrons. The number of halogens is 3. The smallest absolute Gasteiger partial charge is 0.278 e. The summed E-state index contributed by atoms with van der Waals surface area (Å²) in [5.74, 6) is 4.03. The zero-order chi connectivity index (χ0) is 24.7. The minimum absolute atomic E-state index is 0.0572. The standard InChI is InChI=1S/C23H26F3N5S.C2H6/c1-29-10-12-30(13-11-29)32(2)31(19-6-4-3-5-7-19)16-18-9-8-17(14-20(18)24)21-15-22(23(25)26)28-27-21;1-2/h3-9,14,23H,2,10-13,15-16H2,1H3;1-2H3. The summed E-state index contributed by atoms with van der Waals surface area (Å²) in [7, 11) is 1.62. The minimum atomic E-state index is -2.65. The van der Waals surface area contributed by atoms with E-state index in [0.717, 1.165) is 31.9 Å². The van der Waals surface area contributed by atoms with Gasteiger partial charge in [0.1, 0.15) is 11.5 Å². The fourth-order valence-electron chi connectivity index (χ4n) is 3.68. The number of rotatable bonds is 7. The van der Waals surface area contributed by atoms with Crippen molar-refractivity contribution in [1.82, 2.24) is 9.21 Å². The number of anilines is 1. The molecule has 2 heterocycles. The first-order valence-electron chi connectivity index (χ1n) is 11.4. The maximum absolute atomic E-state index is 15.1. The maximum atomic E-state index is 15.1. The molecule has 5 nitrogen and oxygen atoms in total. The van der Waals surface area contributed by atoms with E-state index in [0.29, 0.717) is 23.4 Å². The number of likely N-dealkylation sites (N-methyl/N-ethyl adjacent to an activating group) is 1. The van der Waals surface area contributed by atoms with E-state index in [-0.39, 0.29) is 12.1 Å². The number of piperazine rings is 1. The van der Waals surface area contributed by atoms with Crippen LogP contribution in [0.1, 0.15) is 31.4 Å². The number of alkyl halides is 2. The van der Waals surface area contributed by atoms with E-state index in [1.54, 1.807) is 12.1 Å². The normalized spacial score (nSPS) is 17.6. The molecule has 1 fully saturated rings. The lowest BCUT2D eigenvalue weighted by Crippen LogP contribution is -2.43. The molecule has 2 aromatic rings. The van der Waals surface area contributed by atoms with Gasteiger partial charge < -0.3 is 9.21 Å². The first-order valence-corrected chi connectivity index (χ1v) is 12.7. The van der Waals surface area contributed by atoms with Gasteiger partial charge in [-0.15, -0.1) is 0 Å². The van der Waals surface area contributed by atoms with Crippen LogP contribution < -0.4 is 4.31 Å². The maximum Gasteiger partial charge on any atom is 0.278 e. The Morgan fingerprint density at radius 2 is 1.71 bits per heavy atom. The molecule has 0 spiro atoms. The Balaban J connectivity index is 0.00000158. The summed E-state index contributed by atoms with van der Waals surface area (Å²) in [4.78, 5) is 2.29. The average Bonchev–Trinajstić information content (AvgIpc) is 3.36.